The van der Waals surface area contributed by atoms with Gasteiger partial charge in [-0.25, -0.2) is 9.59 Å². The van der Waals surface area contributed by atoms with Crippen LogP contribution in [0.2, 0.25) is 0 Å². The molecule has 0 saturated heterocycles. The Morgan fingerprint density at radius 2 is 0.852 bits per heavy atom. The van der Waals surface area contributed by atoms with Crippen LogP contribution in [0.5, 0.6) is 0 Å². The average molecular weight is 813 g/mol. The van der Waals surface area contributed by atoms with E-state index in [2.05, 4.69) is 21.3 Å². The van der Waals surface area contributed by atoms with Crippen LogP contribution >= 0.6 is 21.6 Å². The topological polar surface area (TPSA) is 370 Å². The number of esters is 2. The Morgan fingerprint density at radius 1 is 0.519 bits per heavy atom. The predicted molar refractivity (Wildman–Crippen MR) is 189 cm³/mol. The number of carboxylic acids is 4. The molecule has 12 N–H and O–H groups in total. The van der Waals surface area contributed by atoms with E-state index in [4.69, 9.17) is 41.4 Å². The van der Waals surface area contributed by atoms with Crippen LogP contribution in [0, 0.1) is 0 Å². The molecule has 0 radical (unpaired) electrons. The summed E-state index contributed by atoms with van der Waals surface area (Å²) < 4.78 is 10.0. The maximum absolute atomic E-state index is 13.2. The summed E-state index contributed by atoms with van der Waals surface area (Å²) in [6, 6.07) is -8.34. The minimum Gasteiger partial charge on any atom is -0.481 e. The molecule has 0 saturated carbocycles. The van der Waals surface area contributed by atoms with E-state index in [-0.39, 0.29) is 50.4 Å². The largest absolute Gasteiger partial charge is 0.481 e. The minimum absolute atomic E-state index is 0.0884. The summed E-state index contributed by atoms with van der Waals surface area (Å²) in [6.07, 6.45) is -3.23. The third-order valence-corrected chi connectivity index (χ3v) is 9.35. The van der Waals surface area contributed by atoms with Crippen LogP contribution in [0.15, 0.2) is 0 Å². The molecule has 6 unspecified atom stereocenters. The zero-order valence-electron chi connectivity index (χ0n) is 29.6. The van der Waals surface area contributed by atoms with Gasteiger partial charge in [-0.15, -0.1) is 0 Å². The van der Waals surface area contributed by atoms with E-state index in [1.165, 1.54) is 13.8 Å². The van der Waals surface area contributed by atoms with Crippen LogP contribution in [-0.4, -0.2) is 141 Å². The summed E-state index contributed by atoms with van der Waals surface area (Å²) in [5, 5.41) is 45.5. The van der Waals surface area contributed by atoms with Crippen LogP contribution in [0.4, 0.5) is 0 Å². The number of hydrogen-bond donors (Lipinski definition) is 10. The molecule has 0 rings (SSSR count). The van der Waals surface area contributed by atoms with E-state index in [1.54, 1.807) is 0 Å². The second-order valence-electron chi connectivity index (χ2n) is 11.3. The molecule has 0 spiro atoms. The fourth-order valence-electron chi connectivity index (χ4n) is 4.03. The highest BCUT2D eigenvalue weighted by atomic mass is 33.1. The molecule has 6 atom stereocenters. The standard InChI is InChI=1S/C30H48N6O16S2/c1-3-51-29(49)19(35-25(43)17(7-11-23(39)40)33-21(37)9-5-15(31)27(45)46)13-53-54-14-20(30(50)52-4-2)36-26(44)18(8-12-24(41)42)34-22(38)10-6-16(32)28(47)48/h15-20H,3-14,31-32H2,1-2H3,(H,33,37)(H,34,38)(H,35,43)(H,36,44)(H,39,40)(H,41,42)(H,45,46)(H,47,48). The Balaban J connectivity index is 5.75. The molecule has 22 nitrogen and oxygen atoms in total. The average Bonchev–Trinajstić information content (AvgIpc) is 3.09. The van der Waals surface area contributed by atoms with Crippen molar-refractivity contribution in [3.05, 3.63) is 0 Å². The SMILES string of the molecule is CCOC(=O)C(CSSCC(NC(=O)C(CCC(=O)O)NC(=O)CCC(N)C(=O)O)C(=O)OCC)NC(=O)C(CCC(=O)O)NC(=O)CCC(N)C(=O)O. The lowest BCUT2D eigenvalue weighted by atomic mass is 10.1. The summed E-state index contributed by atoms with van der Waals surface area (Å²) >= 11 is 0. The Morgan fingerprint density at radius 3 is 1.13 bits per heavy atom. The van der Waals surface area contributed by atoms with Gasteiger partial charge in [-0.2, -0.15) is 0 Å². The van der Waals surface area contributed by atoms with Crippen molar-refractivity contribution >= 4 is 81.0 Å². The third-order valence-electron chi connectivity index (χ3n) is 6.92. The number of aliphatic carboxylic acids is 4. The van der Waals surface area contributed by atoms with E-state index >= 15 is 0 Å². The molecule has 54 heavy (non-hydrogen) atoms. The molecule has 0 aromatic rings. The van der Waals surface area contributed by atoms with E-state index in [9.17, 15) is 47.9 Å². The Bertz CT molecular complexity index is 1240. The van der Waals surface area contributed by atoms with Crippen molar-refractivity contribution in [1.29, 1.82) is 0 Å². The zero-order valence-corrected chi connectivity index (χ0v) is 31.2. The van der Waals surface area contributed by atoms with Gasteiger partial charge < -0.3 is 62.6 Å². The first-order chi connectivity index (χ1) is 25.3. The molecule has 0 aliphatic carbocycles. The monoisotopic (exact) mass is 812 g/mol. The second kappa shape index (κ2) is 27.0. The van der Waals surface area contributed by atoms with Crippen LogP contribution < -0.4 is 32.7 Å². The van der Waals surface area contributed by atoms with Crippen molar-refractivity contribution in [3.8, 4) is 0 Å². The third kappa shape index (κ3) is 21.8. The lowest BCUT2D eigenvalue weighted by Crippen LogP contribution is -2.53. The molecule has 24 heteroatoms. The predicted octanol–water partition coefficient (Wildman–Crippen LogP) is -2.45. The van der Waals surface area contributed by atoms with Crippen molar-refractivity contribution in [2.24, 2.45) is 11.5 Å². The van der Waals surface area contributed by atoms with Crippen LogP contribution in [-0.2, 0) is 57.4 Å². The summed E-state index contributed by atoms with van der Waals surface area (Å²) in [4.78, 5) is 121. The number of ether oxygens (including phenoxy) is 2. The highest BCUT2D eigenvalue weighted by molar-refractivity contribution is 8.76. The maximum atomic E-state index is 13.2. The Hall–Kier alpha value is -4.68. The number of carbonyl (C=O) groups is 10. The smallest absolute Gasteiger partial charge is 0.329 e. The van der Waals surface area contributed by atoms with Crippen LogP contribution in [0.3, 0.4) is 0 Å². The summed E-state index contributed by atoms with van der Waals surface area (Å²) in [5.41, 5.74) is 10.8. The molecular weight excluding hydrogens is 764 g/mol. The molecule has 0 aliphatic heterocycles. The van der Waals surface area contributed by atoms with Gasteiger partial charge in [-0.1, -0.05) is 21.6 Å². The number of carboxylic acid groups (broad SMARTS) is 4. The Labute approximate surface area is 317 Å². The zero-order chi connectivity index (χ0) is 41.4. The highest BCUT2D eigenvalue weighted by Gasteiger charge is 2.31. The van der Waals surface area contributed by atoms with Gasteiger partial charge in [0.05, 0.1) is 13.2 Å². The van der Waals surface area contributed by atoms with Gasteiger partial charge in [0.2, 0.25) is 23.6 Å². The molecule has 0 fully saturated rings. The number of amides is 4. The van der Waals surface area contributed by atoms with Crippen LogP contribution in [0.1, 0.15) is 65.2 Å². The first-order valence-electron chi connectivity index (χ1n) is 16.5. The Kier molecular flexibility index (Phi) is 24.6. The molecule has 0 heterocycles. The second-order valence-corrected chi connectivity index (χ2v) is 13.8. The molecule has 0 aliphatic rings. The van der Waals surface area contributed by atoms with Crippen molar-refractivity contribution in [3.63, 3.8) is 0 Å². The maximum Gasteiger partial charge on any atom is 0.329 e. The van der Waals surface area contributed by atoms with Crippen LogP contribution in [0.25, 0.3) is 0 Å². The van der Waals surface area contributed by atoms with Gasteiger partial charge in [0.15, 0.2) is 0 Å². The van der Waals surface area contributed by atoms with Crippen molar-refractivity contribution in [1.82, 2.24) is 21.3 Å². The number of nitrogens with one attached hydrogen (secondary N) is 4. The normalized spacial score (nSPS) is 14.1. The molecule has 4 amide bonds. The summed E-state index contributed by atoms with van der Waals surface area (Å²) in [7, 11) is 1.87. The fraction of sp³-hybridized carbons (Fsp3) is 0.667. The van der Waals surface area contributed by atoms with Crippen molar-refractivity contribution < 1.29 is 77.8 Å². The first kappa shape index (κ1) is 49.3. The number of nitrogens with two attached hydrogens (primary N) is 2. The van der Waals surface area contributed by atoms with Gasteiger partial charge in [0, 0.05) is 37.2 Å². The first-order valence-corrected chi connectivity index (χ1v) is 19.0. The van der Waals surface area contributed by atoms with Gasteiger partial charge in [0.25, 0.3) is 0 Å². The molecule has 0 aromatic heterocycles. The summed E-state index contributed by atoms with van der Waals surface area (Å²) in [5.74, 6) is -11.0. The van der Waals surface area contributed by atoms with E-state index in [1.807, 2.05) is 0 Å². The fourth-order valence-corrected chi connectivity index (χ4v) is 6.32. The van der Waals surface area contributed by atoms with Gasteiger partial charge in [-0.05, 0) is 39.5 Å². The lowest BCUT2D eigenvalue weighted by molar-refractivity contribution is -0.147. The minimum atomic E-state index is -1.45. The van der Waals surface area contributed by atoms with Crippen molar-refractivity contribution in [2.75, 3.05) is 24.7 Å². The van der Waals surface area contributed by atoms with E-state index < -0.39 is 121 Å². The van der Waals surface area contributed by atoms with Gasteiger partial charge >= 0.3 is 35.8 Å². The van der Waals surface area contributed by atoms with Gasteiger partial charge in [-0.3, -0.25) is 38.4 Å². The van der Waals surface area contributed by atoms with E-state index in [0.29, 0.717) is 0 Å². The van der Waals surface area contributed by atoms with E-state index in [0.717, 1.165) is 21.6 Å². The van der Waals surface area contributed by atoms with Gasteiger partial charge in [0.1, 0.15) is 36.3 Å². The molecule has 306 valence electrons. The number of carbonyl (C=O) groups excluding carboxylic acids is 6. The molecule has 0 aromatic carbocycles. The molecular formula is C30H48N6O16S2. The molecule has 0 bridgehead atoms. The number of rotatable bonds is 29. The summed E-state index contributed by atoms with van der Waals surface area (Å²) in [6.45, 7) is 2.82. The number of hydrogen-bond acceptors (Lipinski definition) is 16. The lowest BCUT2D eigenvalue weighted by Gasteiger charge is -2.23. The quantitative estimate of drug-likeness (QED) is 0.0213. The van der Waals surface area contributed by atoms with Crippen molar-refractivity contribution in [2.45, 2.75) is 101 Å². The highest BCUT2D eigenvalue weighted by Crippen LogP contribution is 2.24.